The van der Waals surface area contributed by atoms with Crippen molar-refractivity contribution < 1.29 is 42.1 Å². The second-order valence-corrected chi connectivity index (χ2v) is 10.7. The number of benzene rings is 1. The van der Waals surface area contributed by atoms with E-state index >= 15 is 4.39 Å². The molecule has 0 radical (unpaired) electrons. The van der Waals surface area contributed by atoms with Gasteiger partial charge < -0.3 is 34.3 Å². The van der Waals surface area contributed by atoms with Gasteiger partial charge in [-0.15, -0.1) is 5.10 Å². The fourth-order valence-electron chi connectivity index (χ4n) is 5.63. The minimum absolute atomic E-state index is 0.0111. The predicted molar refractivity (Wildman–Crippen MR) is 152 cm³/mol. The molecule has 12 nitrogen and oxygen atoms in total. The summed E-state index contributed by atoms with van der Waals surface area (Å²) in [5, 5.41) is 9.16. The van der Waals surface area contributed by atoms with Crippen LogP contribution in [0.2, 0.25) is 0 Å². The zero-order valence-electron chi connectivity index (χ0n) is 24.5. The van der Waals surface area contributed by atoms with Gasteiger partial charge in [-0.3, -0.25) is 9.48 Å². The second kappa shape index (κ2) is 14.1. The van der Waals surface area contributed by atoms with E-state index in [0.717, 1.165) is 11.8 Å². The van der Waals surface area contributed by atoms with Crippen LogP contribution in [-0.4, -0.2) is 72.6 Å². The van der Waals surface area contributed by atoms with Crippen LogP contribution in [0.5, 0.6) is 5.88 Å². The Morgan fingerprint density at radius 3 is 2.55 bits per heavy atom. The number of alkyl carbamates (subject to hydrolysis) is 1. The van der Waals surface area contributed by atoms with Crippen molar-refractivity contribution in [3.8, 4) is 5.88 Å². The summed E-state index contributed by atoms with van der Waals surface area (Å²) in [6, 6.07) is 8.43. The zero-order chi connectivity index (χ0) is 31.1. The lowest BCUT2D eigenvalue weighted by atomic mass is 9.80. The van der Waals surface area contributed by atoms with Gasteiger partial charge in [0.05, 0.1) is 39.3 Å². The average Bonchev–Trinajstić information content (AvgIpc) is 3.64. The van der Waals surface area contributed by atoms with Crippen LogP contribution in [-0.2, 0) is 30.3 Å². The van der Waals surface area contributed by atoms with Gasteiger partial charge >= 0.3 is 6.09 Å². The molecule has 2 atom stereocenters. The van der Waals surface area contributed by atoms with Crippen LogP contribution in [0.25, 0.3) is 0 Å². The van der Waals surface area contributed by atoms with Gasteiger partial charge in [-0.25, -0.2) is 14.2 Å². The van der Waals surface area contributed by atoms with Crippen molar-refractivity contribution >= 4 is 17.7 Å². The summed E-state index contributed by atoms with van der Waals surface area (Å²) < 4.78 is 58.0. The van der Waals surface area contributed by atoms with E-state index in [2.05, 4.69) is 20.7 Å². The van der Waals surface area contributed by atoms with Crippen molar-refractivity contribution in [2.45, 2.75) is 50.2 Å². The minimum Gasteiger partial charge on any atom is -0.481 e. The molecule has 2 N–H and O–H groups in total. The Morgan fingerprint density at radius 2 is 1.86 bits per heavy atom. The Hall–Kier alpha value is -4.14. The Morgan fingerprint density at radius 1 is 1.14 bits per heavy atom. The van der Waals surface area contributed by atoms with Gasteiger partial charge in [0.2, 0.25) is 11.8 Å². The third-order valence-electron chi connectivity index (χ3n) is 7.83. The van der Waals surface area contributed by atoms with E-state index in [9.17, 15) is 14.0 Å². The van der Waals surface area contributed by atoms with Crippen LogP contribution in [0.3, 0.4) is 0 Å². The summed E-state index contributed by atoms with van der Waals surface area (Å²) in [7, 11) is 2.80. The second-order valence-electron chi connectivity index (χ2n) is 10.7. The van der Waals surface area contributed by atoms with Gasteiger partial charge in [0.25, 0.3) is 5.95 Å². The first-order chi connectivity index (χ1) is 21.3. The molecule has 14 heteroatoms. The third-order valence-corrected chi connectivity index (χ3v) is 7.83. The van der Waals surface area contributed by atoms with Crippen molar-refractivity contribution in [1.82, 2.24) is 20.1 Å². The largest absolute Gasteiger partial charge is 0.481 e. The van der Waals surface area contributed by atoms with Crippen molar-refractivity contribution in [2.75, 3.05) is 39.4 Å². The topological polar surface area (TPSA) is 135 Å². The average molecular weight is 616 g/mol. The number of carbonyl (C=O) groups is 2. The fraction of sp³-hybridized carbons (Fsp3) is 0.467. The van der Waals surface area contributed by atoms with Crippen molar-refractivity contribution in [3.05, 3.63) is 71.7 Å². The molecule has 0 bridgehead atoms. The third kappa shape index (κ3) is 7.31. The first kappa shape index (κ1) is 31.3. The predicted octanol–water partition coefficient (Wildman–Crippen LogP) is 3.97. The molecule has 5 rings (SSSR count). The number of methoxy groups -OCH3 is 2. The van der Waals surface area contributed by atoms with Gasteiger partial charge in [-0.1, -0.05) is 30.3 Å². The molecule has 1 aliphatic heterocycles. The number of nitrogens with zero attached hydrogens (tertiary/aromatic N) is 3. The number of rotatable bonds is 11. The lowest BCUT2D eigenvalue weighted by Crippen LogP contribution is -2.51. The van der Waals surface area contributed by atoms with Crippen LogP contribution < -0.4 is 15.4 Å². The Bertz CT molecular complexity index is 1420. The van der Waals surface area contributed by atoms with Crippen molar-refractivity contribution in [1.29, 1.82) is 0 Å². The summed E-state index contributed by atoms with van der Waals surface area (Å²) in [6.45, 7) is 0.992. The van der Waals surface area contributed by atoms with Gasteiger partial charge in [0.15, 0.2) is 5.79 Å². The maximum Gasteiger partial charge on any atom is 0.408 e. The van der Waals surface area contributed by atoms with E-state index in [1.807, 2.05) is 30.3 Å². The maximum atomic E-state index is 15.2. The highest BCUT2D eigenvalue weighted by atomic mass is 19.1. The lowest BCUT2D eigenvalue weighted by Gasteiger charge is -2.38. The molecule has 3 aromatic rings. The summed E-state index contributed by atoms with van der Waals surface area (Å²) in [5.41, 5.74) is 0.811. The molecule has 1 aromatic carbocycles. The van der Waals surface area contributed by atoms with E-state index < -0.39 is 41.6 Å². The number of aromatic nitrogens is 3. The molecule has 3 heterocycles. The number of nitrogens with one attached hydrogen (secondary N) is 2. The highest BCUT2D eigenvalue weighted by Crippen LogP contribution is 2.39. The van der Waals surface area contributed by atoms with E-state index in [1.165, 1.54) is 31.2 Å². The first-order valence-electron chi connectivity index (χ1n) is 14.3. The fourth-order valence-corrected chi connectivity index (χ4v) is 5.63. The number of amides is 2. The quantitative estimate of drug-likeness (QED) is 0.329. The number of hydrogen-bond acceptors (Lipinski definition) is 9. The highest BCUT2D eigenvalue weighted by molar-refractivity contribution is 5.96. The number of carbonyl (C=O) groups excluding carboxylic acids is 2. The number of halogens is 2. The van der Waals surface area contributed by atoms with Gasteiger partial charge in [-0.05, 0) is 30.4 Å². The molecular formula is C30H35F2N5O7. The minimum atomic E-state index is -1.05. The molecule has 2 fully saturated rings. The summed E-state index contributed by atoms with van der Waals surface area (Å²) >= 11 is 0. The molecular weight excluding hydrogens is 580 g/mol. The lowest BCUT2D eigenvalue weighted by molar-refractivity contribution is -0.184. The van der Waals surface area contributed by atoms with Crippen LogP contribution in [0.4, 0.5) is 19.3 Å². The Balaban J connectivity index is 1.33. The van der Waals surface area contributed by atoms with E-state index in [4.69, 9.17) is 23.7 Å². The molecule has 1 saturated heterocycles. The summed E-state index contributed by atoms with van der Waals surface area (Å²) in [5.74, 6) is -3.13. The number of pyridine rings is 1. The van der Waals surface area contributed by atoms with Gasteiger partial charge in [0, 0.05) is 25.5 Å². The van der Waals surface area contributed by atoms with Crippen molar-refractivity contribution in [3.63, 3.8) is 0 Å². The van der Waals surface area contributed by atoms with E-state index in [1.54, 1.807) is 0 Å². The summed E-state index contributed by atoms with van der Waals surface area (Å²) in [6.07, 6.45) is 3.58. The van der Waals surface area contributed by atoms with Gasteiger partial charge in [0.1, 0.15) is 30.2 Å². The molecule has 2 amide bonds. The van der Waals surface area contributed by atoms with Crippen LogP contribution in [0, 0.1) is 17.7 Å². The monoisotopic (exact) mass is 615 g/mol. The first-order valence-corrected chi connectivity index (χ1v) is 14.3. The molecule has 1 saturated carbocycles. The smallest absolute Gasteiger partial charge is 0.408 e. The molecule has 1 aliphatic carbocycles. The normalized spacial score (nSPS) is 17.6. The van der Waals surface area contributed by atoms with Crippen LogP contribution in [0.15, 0.2) is 48.8 Å². The van der Waals surface area contributed by atoms with Crippen molar-refractivity contribution in [2.24, 2.45) is 5.92 Å². The maximum absolute atomic E-state index is 15.2. The van der Waals surface area contributed by atoms with Crippen LogP contribution in [0.1, 0.15) is 42.9 Å². The van der Waals surface area contributed by atoms with Gasteiger partial charge in [-0.2, -0.15) is 4.39 Å². The standard InChI is InChI=1S/C30H35F2N5O7/c1-40-18-24(22-14-21(31)15-33-28(22)41-2)37-16-23(26(32)36-37)34-27(38)25(20-8-10-30(11-9-20)43-12-13-44-30)35-29(39)42-17-19-6-4-3-5-7-19/h3-7,14-16,20,24-25H,8-13,17-18H2,1-2H3,(H,34,38)(H,35,39). The van der Waals surface area contributed by atoms with E-state index in [-0.39, 0.29) is 36.3 Å². The molecule has 44 heavy (non-hydrogen) atoms. The zero-order valence-corrected chi connectivity index (χ0v) is 24.5. The Kier molecular flexibility index (Phi) is 10.0. The van der Waals surface area contributed by atoms with Crippen LogP contribution >= 0.6 is 0 Å². The SMILES string of the molecule is COCC(c1cc(F)cnc1OC)n1cc(NC(=O)C(NC(=O)OCc2ccccc2)C2CCC3(CC2)OCCO3)c(F)n1. The summed E-state index contributed by atoms with van der Waals surface area (Å²) in [4.78, 5) is 30.4. The highest BCUT2D eigenvalue weighted by Gasteiger charge is 2.44. The molecule has 1 spiro atoms. The van der Waals surface area contributed by atoms with E-state index in [0.29, 0.717) is 38.9 Å². The molecule has 2 aromatic heterocycles. The molecule has 236 valence electrons. The number of anilines is 1. The number of ether oxygens (including phenoxy) is 5. The number of hydrogen-bond donors (Lipinski definition) is 2. The Labute approximate surface area is 253 Å². The molecule has 2 aliphatic rings. The molecule has 2 unspecified atom stereocenters.